The predicted octanol–water partition coefficient (Wildman–Crippen LogP) is 10.9. The van der Waals surface area contributed by atoms with E-state index < -0.39 is 19.2 Å². The van der Waals surface area contributed by atoms with Crippen molar-refractivity contribution < 1.29 is 25.9 Å². The number of pyridine rings is 2. The summed E-state index contributed by atoms with van der Waals surface area (Å²) < 4.78 is 26.0. The van der Waals surface area contributed by atoms with Crippen LogP contribution in [0.3, 0.4) is 0 Å². The van der Waals surface area contributed by atoms with Gasteiger partial charge in [0, 0.05) is 38.2 Å². The molecule has 7 aromatic rings. The molecular weight excluding hydrogens is 824 g/mol. The Labute approximate surface area is 292 Å². The molecule has 46 heavy (non-hydrogen) atoms. The minimum Gasteiger partial charge on any atom is 0 e. The van der Waals surface area contributed by atoms with Gasteiger partial charge in [-0.25, -0.2) is 0 Å². The van der Waals surface area contributed by atoms with Crippen molar-refractivity contribution in [2.75, 3.05) is 0 Å². The van der Waals surface area contributed by atoms with Crippen molar-refractivity contribution >= 4 is 49.2 Å². The van der Waals surface area contributed by atoms with Crippen LogP contribution in [0.4, 0.5) is 4.39 Å². The van der Waals surface area contributed by atoms with E-state index in [9.17, 15) is 4.39 Å². The Morgan fingerprint density at radius 2 is 1.59 bits per heavy atom. The maximum Gasteiger partial charge on any atom is 0 e. The summed E-state index contributed by atoms with van der Waals surface area (Å²) in [5, 5.41) is 1.55. The van der Waals surface area contributed by atoms with Gasteiger partial charge in [-0.1, -0.05) is 43.7 Å². The van der Waals surface area contributed by atoms with Crippen molar-refractivity contribution in [1.29, 1.82) is 0 Å². The Hall–Kier alpha value is -3.48. The molecule has 0 aliphatic carbocycles. The van der Waals surface area contributed by atoms with Gasteiger partial charge in [0.25, 0.3) is 0 Å². The minimum absolute atomic E-state index is 0. The molecule has 0 spiro atoms. The Bertz CT molecular complexity index is 2140. The van der Waals surface area contributed by atoms with Crippen molar-refractivity contribution in [1.82, 2.24) is 9.97 Å². The van der Waals surface area contributed by atoms with E-state index in [1.807, 2.05) is 68.4 Å². The summed E-state index contributed by atoms with van der Waals surface area (Å²) in [6.45, 7) is 3.69. The molecule has 4 aromatic carbocycles. The molecule has 7 rings (SSSR count). The van der Waals surface area contributed by atoms with E-state index in [0.717, 1.165) is 42.9 Å². The average Bonchev–Trinajstić information content (AvgIpc) is 3.46. The van der Waals surface area contributed by atoms with Gasteiger partial charge in [0.05, 0.1) is 0 Å². The SMILES string of the molecule is [2H]C(C)(C)c1ccnc(-c2[c-]cc(F)c3c2sc2ccccc23)c1.[CH3][Ge]([CH3])([CH3])[c]1cnc(-c2[c-]cccc2)cc1-c1ccccc1.[Ir]. The van der Waals surface area contributed by atoms with Crippen LogP contribution < -0.4 is 4.40 Å². The molecule has 0 saturated heterocycles. The third-order valence-electron chi connectivity index (χ3n) is 7.78. The molecule has 3 heterocycles. The van der Waals surface area contributed by atoms with E-state index in [1.165, 1.54) is 21.6 Å². The average molecular weight is 861 g/mol. The van der Waals surface area contributed by atoms with E-state index in [2.05, 4.69) is 83.0 Å². The predicted molar refractivity (Wildman–Crippen MR) is 192 cm³/mol. The summed E-state index contributed by atoms with van der Waals surface area (Å²) in [4.78, 5) is 9.16. The number of nitrogens with zero attached hydrogens (tertiary/aromatic N) is 2. The fourth-order valence-electron chi connectivity index (χ4n) is 5.41. The van der Waals surface area contributed by atoms with Gasteiger partial charge in [-0.3, -0.25) is 4.39 Å². The molecule has 233 valence electrons. The molecule has 0 bridgehead atoms. The number of benzene rings is 4. The zero-order valence-electron chi connectivity index (χ0n) is 27.5. The van der Waals surface area contributed by atoms with Crippen LogP contribution in [0, 0.1) is 17.9 Å². The zero-order valence-corrected chi connectivity index (χ0v) is 31.8. The first-order valence-electron chi connectivity index (χ1n) is 15.5. The van der Waals surface area contributed by atoms with Crippen LogP contribution in [-0.2, 0) is 20.1 Å². The van der Waals surface area contributed by atoms with Gasteiger partial charge in [-0.2, -0.15) is 11.3 Å². The van der Waals surface area contributed by atoms with Crippen molar-refractivity contribution in [2.24, 2.45) is 0 Å². The van der Waals surface area contributed by atoms with Gasteiger partial charge in [0.15, 0.2) is 0 Å². The number of aromatic nitrogens is 2. The first-order valence-corrected chi connectivity index (χ1v) is 23.2. The van der Waals surface area contributed by atoms with Crippen LogP contribution in [0.2, 0.25) is 17.3 Å². The number of fused-ring (bicyclic) bond motifs is 3. The van der Waals surface area contributed by atoms with Gasteiger partial charge >= 0.3 is 135 Å². The number of rotatable bonds is 5. The summed E-state index contributed by atoms with van der Waals surface area (Å²) in [5.74, 6) is 6.27. The van der Waals surface area contributed by atoms with Crippen LogP contribution >= 0.6 is 11.3 Å². The molecule has 3 aromatic heterocycles. The molecule has 0 aliphatic rings. The van der Waals surface area contributed by atoms with Gasteiger partial charge < -0.3 is 4.98 Å². The Balaban J connectivity index is 0.000000181. The van der Waals surface area contributed by atoms with Crippen LogP contribution in [0.5, 0.6) is 0 Å². The normalized spacial score (nSPS) is 11.8. The number of hydrogen-bond donors (Lipinski definition) is 0. The van der Waals surface area contributed by atoms with Gasteiger partial charge in [0.2, 0.25) is 0 Å². The second kappa shape index (κ2) is 14.5. The van der Waals surface area contributed by atoms with Crippen LogP contribution in [0.25, 0.3) is 53.8 Å². The second-order valence-electron chi connectivity index (χ2n) is 12.3. The Morgan fingerprint density at radius 1 is 0.848 bits per heavy atom. The molecule has 1 radical (unpaired) electrons. The topological polar surface area (TPSA) is 25.8 Å². The number of halogens is 1. The molecule has 0 fully saturated rings. The molecule has 0 N–H and O–H groups in total. The van der Waals surface area contributed by atoms with Gasteiger partial charge in [-0.05, 0) is 39.2 Å². The fourth-order valence-corrected chi connectivity index (χ4v) is 9.73. The van der Waals surface area contributed by atoms with Crippen LogP contribution in [0.15, 0.2) is 116 Å². The molecule has 2 nitrogen and oxygen atoms in total. The number of thiophene rings is 1. The summed E-state index contributed by atoms with van der Waals surface area (Å²) in [7, 11) is 0. The minimum atomic E-state index is -1.99. The molecule has 0 saturated carbocycles. The molecule has 0 amide bonds. The maximum absolute atomic E-state index is 14.4. The fraction of sp³-hybridized carbons (Fsp3) is 0.150. The van der Waals surface area contributed by atoms with Crippen LogP contribution in [0.1, 0.15) is 26.7 Å². The quantitative estimate of drug-likeness (QED) is 0.127. The van der Waals surface area contributed by atoms with Crippen molar-refractivity contribution in [3.8, 4) is 33.6 Å². The van der Waals surface area contributed by atoms with Gasteiger partial charge in [-0.15, -0.1) is 17.7 Å². The monoisotopic (exact) mass is 862 g/mol. The first kappa shape index (κ1) is 32.5. The van der Waals surface area contributed by atoms with Crippen LogP contribution in [-0.4, -0.2) is 23.2 Å². The number of hydrogen-bond acceptors (Lipinski definition) is 3. The largest absolute Gasteiger partial charge is 0 e. The Morgan fingerprint density at radius 3 is 2.30 bits per heavy atom. The molecule has 0 aliphatic heterocycles. The zero-order chi connectivity index (χ0) is 32.5. The van der Waals surface area contributed by atoms with E-state index in [4.69, 9.17) is 6.35 Å². The van der Waals surface area contributed by atoms with Crippen molar-refractivity contribution in [2.45, 2.75) is 37.0 Å². The summed E-state index contributed by atoms with van der Waals surface area (Å²) >= 11 is -0.433. The molecule has 0 atom stereocenters. The molecule has 6 heteroatoms. The van der Waals surface area contributed by atoms with Crippen molar-refractivity contribution in [3.63, 3.8) is 0 Å². The Kier molecular flexibility index (Phi) is 10.2. The maximum atomic E-state index is 14.4. The van der Waals surface area contributed by atoms with Gasteiger partial charge in [0.1, 0.15) is 0 Å². The van der Waals surface area contributed by atoms with E-state index >= 15 is 0 Å². The third-order valence-corrected chi connectivity index (χ3v) is 13.2. The third kappa shape index (κ3) is 7.24. The van der Waals surface area contributed by atoms with Crippen molar-refractivity contribution in [3.05, 3.63) is 139 Å². The second-order valence-corrected chi connectivity index (χ2v) is 23.9. The van der Waals surface area contributed by atoms with E-state index in [-0.39, 0.29) is 25.9 Å². The molecule has 0 unspecified atom stereocenters. The summed E-state index contributed by atoms with van der Waals surface area (Å²) in [5.41, 5.74) is 7.04. The first-order chi connectivity index (χ1) is 22.0. The smallest absolute Gasteiger partial charge is 0 e. The molecular formula is C40H35FGeIrN2S-2. The van der Waals surface area contributed by atoms with E-state index in [0.29, 0.717) is 5.39 Å². The summed E-state index contributed by atoms with van der Waals surface area (Å²) in [6, 6.07) is 40.2. The summed E-state index contributed by atoms with van der Waals surface area (Å²) in [6.07, 6.45) is 3.80. The van der Waals surface area contributed by atoms with E-state index in [1.54, 1.807) is 17.5 Å². The standard InChI is InChI=1S/C20H15FNS.C20H20GeN.Ir/c1-12(2)13-9-10-22-17(11-13)14-7-8-16(21)19-15-5-3-4-6-18(15)23-20(14)19;1-21(2,3)19-15-22-20(17-12-8-5-9-13-17)14-18(19)16-10-6-4-7-11-16;/h3-6,8-12H,1-2H3;4-12,14-15H,1-3H3;/q2*-1;/i12D;;.